The van der Waals surface area contributed by atoms with Gasteiger partial charge in [0.15, 0.2) is 0 Å². The molecule has 0 fully saturated rings. The van der Waals surface area contributed by atoms with Gasteiger partial charge in [0.25, 0.3) is 0 Å². The second kappa shape index (κ2) is 5.38. The number of hydrogen-bond donors (Lipinski definition) is 1. The van der Waals surface area contributed by atoms with Gasteiger partial charge in [-0.2, -0.15) is 0 Å². The lowest BCUT2D eigenvalue weighted by atomic mass is 10.2. The minimum atomic E-state index is -0.468. The van der Waals surface area contributed by atoms with Gasteiger partial charge in [0.1, 0.15) is 5.76 Å². The molecule has 0 aromatic carbocycles. The van der Waals surface area contributed by atoms with E-state index in [9.17, 15) is 5.11 Å². The van der Waals surface area contributed by atoms with Crippen LogP contribution in [0.25, 0.3) is 0 Å². The SMILES string of the molecule is CCC(O)c1ccc(Sc2ccoc2C)cn1. The molecule has 0 aliphatic carbocycles. The number of furan rings is 1. The number of aliphatic hydroxyl groups excluding tert-OH is 1. The normalized spacial score (nSPS) is 12.6. The van der Waals surface area contributed by atoms with Crippen molar-refractivity contribution in [1.29, 1.82) is 0 Å². The molecule has 0 amide bonds. The number of aliphatic hydroxyl groups is 1. The Hall–Kier alpha value is -1.26. The van der Waals surface area contributed by atoms with E-state index in [0.717, 1.165) is 21.2 Å². The Balaban J connectivity index is 2.11. The highest BCUT2D eigenvalue weighted by Crippen LogP contribution is 2.30. The Kier molecular flexibility index (Phi) is 3.86. The Morgan fingerprint density at radius 2 is 2.24 bits per heavy atom. The van der Waals surface area contributed by atoms with Gasteiger partial charge in [-0.3, -0.25) is 4.98 Å². The molecule has 3 nitrogen and oxygen atoms in total. The highest BCUT2D eigenvalue weighted by Gasteiger charge is 2.07. The molecule has 0 spiro atoms. The van der Waals surface area contributed by atoms with Gasteiger partial charge >= 0.3 is 0 Å². The molecular formula is C13H15NO2S. The van der Waals surface area contributed by atoms with Gasteiger partial charge in [-0.1, -0.05) is 18.7 Å². The molecule has 17 heavy (non-hydrogen) atoms. The summed E-state index contributed by atoms with van der Waals surface area (Å²) in [6, 6.07) is 5.78. The maximum atomic E-state index is 9.64. The van der Waals surface area contributed by atoms with Crippen LogP contribution in [0, 0.1) is 6.92 Å². The van der Waals surface area contributed by atoms with Crippen LogP contribution < -0.4 is 0 Å². The van der Waals surface area contributed by atoms with Crippen LogP contribution in [0.4, 0.5) is 0 Å². The first kappa shape index (κ1) is 12.2. The number of pyridine rings is 1. The third-order valence-electron chi connectivity index (χ3n) is 2.53. The summed E-state index contributed by atoms with van der Waals surface area (Å²) in [5, 5.41) is 9.64. The third-order valence-corrected chi connectivity index (χ3v) is 3.65. The predicted octanol–water partition coefficient (Wildman–Crippen LogP) is 3.58. The molecule has 1 unspecified atom stereocenters. The van der Waals surface area contributed by atoms with Crippen molar-refractivity contribution in [3.8, 4) is 0 Å². The quantitative estimate of drug-likeness (QED) is 0.899. The van der Waals surface area contributed by atoms with Crippen LogP contribution in [0.5, 0.6) is 0 Å². The average molecular weight is 249 g/mol. The number of aryl methyl sites for hydroxylation is 1. The van der Waals surface area contributed by atoms with Crippen LogP contribution in [0.1, 0.15) is 30.9 Å². The highest BCUT2D eigenvalue weighted by molar-refractivity contribution is 7.99. The Bertz CT molecular complexity index is 478. The summed E-state index contributed by atoms with van der Waals surface area (Å²) in [6.07, 6.45) is 3.68. The summed E-state index contributed by atoms with van der Waals surface area (Å²) in [4.78, 5) is 6.39. The standard InChI is InChI=1S/C13H15NO2S/c1-3-12(15)11-5-4-10(8-14-11)17-13-6-7-16-9(13)2/h4-8,12,15H,3H2,1-2H3. The second-order valence-corrected chi connectivity index (χ2v) is 4.90. The zero-order valence-corrected chi connectivity index (χ0v) is 10.7. The van der Waals surface area contributed by atoms with Gasteiger partial charge in [0.2, 0.25) is 0 Å². The lowest BCUT2D eigenvalue weighted by Gasteiger charge is -2.07. The molecule has 2 heterocycles. The maximum absolute atomic E-state index is 9.64. The summed E-state index contributed by atoms with van der Waals surface area (Å²) in [7, 11) is 0. The first-order chi connectivity index (χ1) is 8.20. The predicted molar refractivity (Wildman–Crippen MR) is 67.1 cm³/mol. The van der Waals surface area contributed by atoms with Crippen molar-refractivity contribution in [3.63, 3.8) is 0 Å². The van der Waals surface area contributed by atoms with Crippen LogP contribution in [-0.4, -0.2) is 10.1 Å². The molecule has 2 rings (SSSR count). The van der Waals surface area contributed by atoms with E-state index in [1.807, 2.05) is 32.0 Å². The Labute approximate surface area is 105 Å². The number of rotatable bonds is 4. The van der Waals surface area contributed by atoms with E-state index >= 15 is 0 Å². The van der Waals surface area contributed by atoms with E-state index in [1.165, 1.54) is 0 Å². The molecule has 2 aromatic rings. The fourth-order valence-electron chi connectivity index (χ4n) is 1.46. The van der Waals surface area contributed by atoms with Crippen LogP contribution in [-0.2, 0) is 0 Å². The van der Waals surface area contributed by atoms with E-state index < -0.39 is 6.10 Å². The topological polar surface area (TPSA) is 46.3 Å². The average Bonchev–Trinajstić information content (AvgIpc) is 2.75. The van der Waals surface area contributed by atoms with E-state index in [1.54, 1.807) is 24.2 Å². The van der Waals surface area contributed by atoms with Gasteiger partial charge in [-0.25, -0.2) is 0 Å². The minimum Gasteiger partial charge on any atom is -0.468 e. The molecule has 2 aromatic heterocycles. The van der Waals surface area contributed by atoms with E-state index in [2.05, 4.69) is 4.98 Å². The number of hydrogen-bond acceptors (Lipinski definition) is 4. The van der Waals surface area contributed by atoms with Crippen molar-refractivity contribution < 1.29 is 9.52 Å². The van der Waals surface area contributed by atoms with Gasteiger partial charge in [-0.05, 0) is 31.5 Å². The molecular weight excluding hydrogens is 234 g/mol. The number of aromatic nitrogens is 1. The Morgan fingerprint density at radius 3 is 2.76 bits per heavy atom. The van der Waals surface area contributed by atoms with Gasteiger partial charge in [0.05, 0.1) is 23.0 Å². The monoisotopic (exact) mass is 249 g/mol. The highest BCUT2D eigenvalue weighted by atomic mass is 32.2. The van der Waals surface area contributed by atoms with E-state index in [4.69, 9.17) is 4.42 Å². The summed E-state index contributed by atoms with van der Waals surface area (Å²) in [6.45, 7) is 3.87. The molecule has 0 radical (unpaired) electrons. The van der Waals surface area contributed by atoms with Crippen molar-refractivity contribution in [2.24, 2.45) is 0 Å². The van der Waals surface area contributed by atoms with E-state index in [-0.39, 0.29) is 0 Å². The van der Waals surface area contributed by atoms with Crippen molar-refractivity contribution in [2.75, 3.05) is 0 Å². The summed E-state index contributed by atoms with van der Waals surface area (Å²) in [5.74, 6) is 0.910. The Morgan fingerprint density at radius 1 is 1.41 bits per heavy atom. The minimum absolute atomic E-state index is 0.468. The molecule has 90 valence electrons. The van der Waals surface area contributed by atoms with Crippen LogP contribution >= 0.6 is 11.8 Å². The molecule has 4 heteroatoms. The molecule has 0 saturated heterocycles. The lowest BCUT2D eigenvalue weighted by Crippen LogP contribution is -1.97. The van der Waals surface area contributed by atoms with Crippen LogP contribution in [0.2, 0.25) is 0 Å². The summed E-state index contributed by atoms with van der Waals surface area (Å²) < 4.78 is 5.23. The fraction of sp³-hybridized carbons (Fsp3) is 0.308. The molecule has 0 bridgehead atoms. The van der Waals surface area contributed by atoms with Gasteiger partial charge in [0, 0.05) is 11.1 Å². The van der Waals surface area contributed by atoms with Crippen molar-refractivity contribution >= 4 is 11.8 Å². The van der Waals surface area contributed by atoms with Crippen LogP contribution in [0.15, 0.2) is 44.9 Å². The van der Waals surface area contributed by atoms with Crippen LogP contribution in [0.3, 0.4) is 0 Å². The van der Waals surface area contributed by atoms with Gasteiger partial charge < -0.3 is 9.52 Å². The van der Waals surface area contributed by atoms with E-state index in [0.29, 0.717) is 6.42 Å². The first-order valence-electron chi connectivity index (χ1n) is 5.56. The smallest absolute Gasteiger partial charge is 0.114 e. The van der Waals surface area contributed by atoms with Crippen molar-refractivity contribution in [2.45, 2.75) is 36.2 Å². The molecule has 0 aliphatic heterocycles. The fourth-order valence-corrected chi connectivity index (χ4v) is 2.28. The number of nitrogens with zero attached hydrogens (tertiary/aromatic N) is 1. The first-order valence-corrected chi connectivity index (χ1v) is 6.38. The molecule has 0 aliphatic rings. The summed E-state index contributed by atoms with van der Waals surface area (Å²) in [5.41, 5.74) is 0.723. The summed E-state index contributed by atoms with van der Waals surface area (Å²) >= 11 is 1.61. The van der Waals surface area contributed by atoms with Gasteiger partial charge in [-0.15, -0.1) is 0 Å². The lowest BCUT2D eigenvalue weighted by molar-refractivity contribution is 0.169. The molecule has 1 N–H and O–H groups in total. The third kappa shape index (κ3) is 2.90. The largest absolute Gasteiger partial charge is 0.468 e. The zero-order valence-electron chi connectivity index (χ0n) is 9.88. The van der Waals surface area contributed by atoms with Crippen molar-refractivity contribution in [3.05, 3.63) is 42.1 Å². The molecule has 0 saturated carbocycles. The van der Waals surface area contributed by atoms with Crippen molar-refractivity contribution in [1.82, 2.24) is 4.98 Å². The maximum Gasteiger partial charge on any atom is 0.114 e. The molecule has 1 atom stereocenters. The second-order valence-electron chi connectivity index (χ2n) is 3.79. The zero-order chi connectivity index (χ0) is 12.3.